The Kier molecular flexibility index (Phi) is 4.53. The van der Waals surface area contributed by atoms with Crippen LogP contribution in [0.3, 0.4) is 0 Å². The smallest absolute Gasteiger partial charge is 0.137 e. The summed E-state index contributed by atoms with van der Waals surface area (Å²) in [6.45, 7) is 4.62. The van der Waals surface area contributed by atoms with Crippen molar-refractivity contribution in [3.63, 3.8) is 0 Å². The Balaban J connectivity index is 2.22. The van der Waals surface area contributed by atoms with Crippen LogP contribution in [0.15, 0.2) is 42.7 Å². The zero-order valence-corrected chi connectivity index (χ0v) is 11.3. The first-order chi connectivity index (χ1) is 9.24. The Hall–Kier alpha value is -1.87. The highest BCUT2D eigenvalue weighted by Gasteiger charge is 2.11. The average Bonchev–Trinajstić information content (AvgIpc) is 2.47. The molecule has 3 heteroatoms. The molecule has 2 aromatic rings. The van der Waals surface area contributed by atoms with E-state index in [4.69, 9.17) is 4.74 Å². The molecule has 0 radical (unpaired) electrons. The standard InChI is InChI=1S/C16H19NO2/c1-3-12-5-7-13(8-6-12)16(18)14-9-15(19-4-2)11-17-10-14/h5-11,16,18H,3-4H2,1-2H3. The van der Waals surface area contributed by atoms with Crippen molar-refractivity contribution in [2.45, 2.75) is 26.4 Å². The second-order valence-electron chi connectivity index (χ2n) is 4.38. The number of aromatic nitrogens is 1. The van der Waals surface area contributed by atoms with Gasteiger partial charge in [0.15, 0.2) is 0 Å². The molecule has 3 nitrogen and oxygen atoms in total. The Morgan fingerprint density at radius 2 is 1.84 bits per heavy atom. The first-order valence-electron chi connectivity index (χ1n) is 6.59. The Morgan fingerprint density at radius 3 is 2.47 bits per heavy atom. The molecule has 1 atom stereocenters. The summed E-state index contributed by atoms with van der Waals surface area (Å²) in [5.74, 6) is 0.684. The van der Waals surface area contributed by atoms with Gasteiger partial charge in [0.2, 0.25) is 0 Å². The fourth-order valence-electron chi connectivity index (χ4n) is 1.96. The number of rotatable bonds is 5. The maximum Gasteiger partial charge on any atom is 0.137 e. The van der Waals surface area contributed by atoms with E-state index in [2.05, 4.69) is 11.9 Å². The van der Waals surface area contributed by atoms with Crippen LogP contribution in [0.1, 0.15) is 36.6 Å². The third kappa shape index (κ3) is 3.32. The van der Waals surface area contributed by atoms with Gasteiger partial charge >= 0.3 is 0 Å². The Labute approximate surface area is 113 Å². The van der Waals surface area contributed by atoms with Crippen molar-refractivity contribution in [3.8, 4) is 5.75 Å². The average molecular weight is 257 g/mol. The van der Waals surface area contributed by atoms with E-state index in [9.17, 15) is 5.11 Å². The minimum absolute atomic E-state index is 0.590. The first kappa shape index (κ1) is 13.6. The molecule has 0 saturated heterocycles. The molecule has 0 amide bonds. The van der Waals surface area contributed by atoms with Gasteiger partial charge in [-0.15, -0.1) is 0 Å². The highest BCUT2D eigenvalue weighted by Crippen LogP contribution is 2.24. The summed E-state index contributed by atoms with van der Waals surface area (Å²) in [5, 5.41) is 10.4. The number of ether oxygens (including phenoxy) is 1. The van der Waals surface area contributed by atoms with Gasteiger partial charge in [-0.25, -0.2) is 0 Å². The molecule has 1 aromatic heterocycles. The molecular weight excluding hydrogens is 238 g/mol. The summed E-state index contributed by atoms with van der Waals surface area (Å²) in [5.41, 5.74) is 2.87. The van der Waals surface area contributed by atoms with Gasteiger partial charge in [-0.3, -0.25) is 4.98 Å². The van der Waals surface area contributed by atoms with E-state index in [0.717, 1.165) is 17.5 Å². The van der Waals surface area contributed by atoms with Crippen molar-refractivity contribution in [3.05, 3.63) is 59.4 Å². The number of hydrogen-bond acceptors (Lipinski definition) is 3. The number of hydrogen-bond donors (Lipinski definition) is 1. The molecule has 0 spiro atoms. The monoisotopic (exact) mass is 257 g/mol. The highest BCUT2D eigenvalue weighted by molar-refractivity contribution is 5.33. The van der Waals surface area contributed by atoms with Gasteiger partial charge in [-0.05, 0) is 30.5 Å². The van der Waals surface area contributed by atoms with E-state index in [-0.39, 0.29) is 0 Å². The number of nitrogens with zero attached hydrogens (tertiary/aromatic N) is 1. The van der Waals surface area contributed by atoms with Crippen LogP contribution in [-0.4, -0.2) is 16.7 Å². The molecule has 1 aromatic carbocycles. The van der Waals surface area contributed by atoms with E-state index >= 15 is 0 Å². The molecule has 1 heterocycles. The van der Waals surface area contributed by atoms with Crippen LogP contribution in [0.5, 0.6) is 5.75 Å². The summed E-state index contributed by atoms with van der Waals surface area (Å²) >= 11 is 0. The van der Waals surface area contributed by atoms with Crippen LogP contribution in [0.2, 0.25) is 0 Å². The summed E-state index contributed by atoms with van der Waals surface area (Å²) in [6.07, 6.45) is 3.65. The predicted octanol–water partition coefficient (Wildman–Crippen LogP) is 3.12. The topological polar surface area (TPSA) is 42.4 Å². The summed E-state index contributed by atoms with van der Waals surface area (Å²) < 4.78 is 5.40. The lowest BCUT2D eigenvalue weighted by atomic mass is 10.0. The number of aliphatic hydroxyl groups is 1. The molecule has 0 aliphatic heterocycles. The summed E-state index contributed by atoms with van der Waals surface area (Å²) in [6, 6.07) is 9.82. The van der Waals surface area contributed by atoms with Crippen LogP contribution in [0.4, 0.5) is 0 Å². The van der Waals surface area contributed by atoms with E-state index in [1.807, 2.05) is 37.3 Å². The van der Waals surface area contributed by atoms with Gasteiger partial charge in [0.1, 0.15) is 11.9 Å². The third-order valence-electron chi connectivity index (χ3n) is 3.06. The van der Waals surface area contributed by atoms with Crippen molar-refractivity contribution in [1.82, 2.24) is 4.98 Å². The van der Waals surface area contributed by atoms with Gasteiger partial charge in [0, 0.05) is 11.8 Å². The molecule has 0 aliphatic rings. The predicted molar refractivity (Wildman–Crippen MR) is 75.3 cm³/mol. The molecule has 100 valence electrons. The van der Waals surface area contributed by atoms with Crippen LogP contribution < -0.4 is 4.74 Å². The van der Waals surface area contributed by atoms with Gasteiger partial charge in [-0.1, -0.05) is 31.2 Å². The third-order valence-corrected chi connectivity index (χ3v) is 3.06. The van der Waals surface area contributed by atoms with Gasteiger partial charge in [0.05, 0.1) is 12.8 Å². The summed E-state index contributed by atoms with van der Waals surface area (Å²) in [4.78, 5) is 4.10. The fourth-order valence-corrected chi connectivity index (χ4v) is 1.96. The Morgan fingerprint density at radius 1 is 1.11 bits per heavy atom. The van der Waals surface area contributed by atoms with Gasteiger partial charge < -0.3 is 9.84 Å². The first-order valence-corrected chi connectivity index (χ1v) is 6.59. The molecule has 1 unspecified atom stereocenters. The van der Waals surface area contributed by atoms with Crippen molar-refractivity contribution in [1.29, 1.82) is 0 Å². The maximum atomic E-state index is 10.4. The zero-order chi connectivity index (χ0) is 13.7. The van der Waals surface area contributed by atoms with Gasteiger partial charge in [0.25, 0.3) is 0 Å². The van der Waals surface area contributed by atoms with Crippen LogP contribution in [0.25, 0.3) is 0 Å². The number of pyridine rings is 1. The summed E-state index contributed by atoms with van der Waals surface area (Å²) in [7, 11) is 0. The number of aryl methyl sites for hydroxylation is 1. The van der Waals surface area contributed by atoms with Crippen molar-refractivity contribution in [2.75, 3.05) is 6.61 Å². The lowest BCUT2D eigenvalue weighted by Crippen LogP contribution is -2.02. The fraction of sp³-hybridized carbons (Fsp3) is 0.312. The second-order valence-corrected chi connectivity index (χ2v) is 4.38. The van der Waals surface area contributed by atoms with Crippen molar-refractivity contribution in [2.24, 2.45) is 0 Å². The normalized spacial score (nSPS) is 12.2. The minimum atomic E-state index is -0.668. The van der Waals surface area contributed by atoms with Crippen LogP contribution >= 0.6 is 0 Å². The van der Waals surface area contributed by atoms with E-state index in [0.29, 0.717) is 12.4 Å². The van der Waals surface area contributed by atoms with Crippen LogP contribution in [-0.2, 0) is 6.42 Å². The van der Waals surface area contributed by atoms with E-state index < -0.39 is 6.10 Å². The minimum Gasteiger partial charge on any atom is -0.492 e. The van der Waals surface area contributed by atoms with E-state index in [1.54, 1.807) is 12.4 Å². The van der Waals surface area contributed by atoms with Crippen molar-refractivity contribution >= 4 is 0 Å². The lowest BCUT2D eigenvalue weighted by molar-refractivity contribution is 0.219. The lowest BCUT2D eigenvalue weighted by Gasteiger charge is -2.13. The zero-order valence-electron chi connectivity index (χ0n) is 11.3. The molecule has 19 heavy (non-hydrogen) atoms. The molecule has 0 bridgehead atoms. The SMILES string of the molecule is CCOc1cncc(C(O)c2ccc(CC)cc2)c1. The number of benzene rings is 1. The maximum absolute atomic E-state index is 10.4. The largest absolute Gasteiger partial charge is 0.492 e. The van der Waals surface area contributed by atoms with Gasteiger partial charge in [-0.2, -0.15) is 0 Å². The van der Waals surface area contributed by atoms with Crippen molar-refractivity contribution < 1.29 is 9.84 Å². The molecule has 0 fully saturated rings. The second kappa shape index (κ2) is 6.34. The molecule has 0 saturated carbocycles. The molecular formula is C16H19NO2. The van der Waals surface area contributed by atoms with Crippen LogP contribution in [0, 0.1) is 0 Å². The van der Waals surface area contributed by atoms with E-state index in [1.165, 1.54) is 5.56 Å². The molecule has 2 rings (SSSR count). The Bertz CT molecular complexity index is 523. The molecule has 1 N–H and O–H groups in total. The quantitative estimate of drug-likeness (QED) is 0.894. The number of aliphatic hydroxyl groups excluding tert-OH is 1. The highest BCUT2D eigenvalue weighted by atomic mass is 16.5. The molecule has 0 aliphatic carbocycles.